The Hall–Kier alpha value is -1.35. The van der Waals surface area contributed by atoms with Gasteiger partial charge in [0.2, 0.25) is 0 Å². The van der Waals surface area contributed by atoms with Crippen LogP contribution in [0.4, 0.5) is 0 Å². The maximum atomic E-state index is 4.59. The van der Waals surface area contributed by atoms with Crippen LogP contribution in [0.25, 0.3) is 11.0 Å². The zero-order valence-corrected chi connectivity index (χ0v) is 10.2. The highest BCUT2D eigenvalue weighted by Gasteiger charge is 2.41. The Morgan fingerprint density at radius 2 is 2.29 bits per heavy atom. The van der Waals surface area contributed by atoms with E-state index < -0.39 is 0 Å². The highest BCUT2D eigenvalue weighted by molar-refractivity contribution is 5.81. The number of rotatable bonds is 0. The largest absolute Gasteiger partial charge is 0.345 e. The zero-order valence-electron chi connectivity index (χ0n) is 10.2. The summed E-state index contributed by atoms with van der Waals surface area (Å²) in [5.74, 6) is 0. The topological polar surface area (TPSA) is 29.9 Å². The Kier molecular flexibility index (Phi) is 1.76. The molecule has 2 aromatic rings. The van der Waals surface area contributed by atoms with Gasteiger partial charge in [0.05, 0.1) is 11.0 Å². The molecule has 0 saturated heterocycles. The molecule has 0 aromatic carbocycles. The summed E-state index contributed by atoms with van der Waals surface area (Å²) in [5.41, 5.74) is 5.81. The van der Waals surface area contributed by atoms with Gasteiger partial charge < -0.3 is 9.88 Å². The molecule has 1 saturated carbocycles. The molecule has 0 amide bonds. The Bertz CT molecular complexity index is 593. The van der Waals surface area contributed by atoms with E-state index in [1.165, 1.54) is 41.6 Å². The van der Waals surface area contributed by atoms with E-state index in [2.05, 4.69) is 28.0 Å². The highest BCUT2D eigenvalue weighted by Crippen LogP contribution is 2.40. The minimum Gasteiger partial charge on any atom is -0.345 e. The average molecular weight is 227 g/mol. The van der Waals surface area contributed by atoms with E-state index in [4.69, 9.17) is 0 Å². The molecule has 1 aliphatic heterocycles. The quantitative estimate of drug-likeness (QED) is 0.747. The van der Waals surface area contributed by atoms with Crippen LogP contribution in [-0.2, 0) is 20.0 Å². The van der Waals surface area contributed by atoms with E-state index in [1.807, 2.05) is 12.3 Å². The van der Waals surface area contributed by atoms with Crippen LogP contribution in [0.15, 0.2) is 18.3 Å². The third kappa shape index (κ3) is 1.18. The number of hydrogen-bond donors (Lipinski definition) is 1. The maximum absolute atomic E-state index is 4.59. The number of hydrogen-bond acceptors (Lipinski definition) is 2. The fourth-order valence-electron chi connectivity index (χ4n) is 3.42. The molecule has 1 aliphatic carbocycles. The number of nitrogens with one attached hydrogen (secondary N) is 1. The Morgan fingerprint density at radius 3 is 3.06 bits per heavy atom. The van der Waals surface area contributed by atoms with E-state index in [0.717, 1.165) is 13.0 Å². The van der Waals surface area contributed by atoms with Gasteiger partial charge in [-0.25, -0.2) is 0 Å². The van der Waals surface area contributed by atoms with Crippen LogP contribution in [0.1, 0.15) is 30.5 Å². The summed E-state index contributed by atoms with van der Waals surface area (Å²) in [7, 11) is 2.16. The van der Waals surface area contributed by atoms with Crippen LogP contribution < -0.4 is 5.32 Å². The fraction of sp³-hybridized carbons (Fsp3) is 0.500. The van der Waals surface area contributed by atoms with E-state index in [0.29, 0.717) is 5.54 Å². The molecule has 4 rings (SSSR count). The van der Waals surface area contributed by atoms with Crippen LogP contribution in [0, 0.1) is 0 Å². The summed E-state index contributed by atoms with van der Waals surface area (Å²) < 4.78 is 2.30. The molecular weight excluding hydrogens is 210 g/mol. The summed E-state index contributed by atoms with van der Waals surface area (Å²) in [6.07, 6.45) is 7.11. The Morgan fingerprint density at radius 1 is 1.41 bits per heavy atom. The predicted octanol–water partition coefficient (Wildman–Crippen LogP) is 2.14. The molecule has 0 atom stereocenters. The predicted molar refractivity (Wildman–Crippen MR) is 67.8 cm³/mol. The van der Waals surface area contributed by atoms with E-state index in [-0.39, 0.29) is 0 Å². The lowest BCUT2D eigenvalue weighted by Crippen LogP contribution is -2.54. The monoisotopic (exact) mass is 227 g/mol. The van der Waals surface area contributed by atoms with E-state index in [9.17, 15) is 0 Å². The third-order valence-corrected chi connectivity index (χ3v) is 4.64. The van der Waals surface area contributed by atoms with Crippen molar-refractivity contribution in [1.82, 2.24) is 14.9 Å². The number of nitrogens with zero attached hydrogens (tertiary/aromatic N) is 2. The molecule has 3 nitrogen and oxygen atoms in total. The molecule has 0 unspecified atom stereocenters. The number of aromatic nitrogens is 2. The van der Waals surface area contributed by atoms with Gasteiger partial charge in [0.15, 0.2) is 0 Å². The van der Waals surface area contributed by atoms with Crippen LogP contribution in [0.5, 0.6) is 0 Å². The molecule has 2 aromatic heterocycles. The lowest BCUT2D eigenvalue weighted by Gasteiger charge is -2.45. The van der Waals surface area contributed by atoms with Gasteiger partial charge in [0, 0.05) is 36.6 Å². The van der Waals surface area contributed by atoms with Crippen molar-refractivity contribution in [2.45, 2.75) is 37.8 Å². The van der Waals surface area contributed by atoms with Crippen molar-refractivity contribution in [3.63, 3.8) is 0 Å². The van der Waals surface area contributed by atoms with Gasteiger partial charge in [0.25, 0.3) is 0 Å². The molecule has 3 heteroatoms. The Labute approximate surface area is 101 Å². The number of fused-ring (bicyclic) bond motifs is 3. The first-order valence-electron chi connectivity index (χ1n) is 6.45. The number of aryl methyl sites for hydroxylation is 1. The molecule has 17 heavy (non-hydrogen) atoms. The second kappa shape index (κ2) is 3.10. The van der Waals surface area contributed by atoms with Crippen LogP contribution in [0.2, 0.25) is 0 Å². The standard InChI is InChI=1S/C14H17N3/c1-17-11-4-2-7-15-13(11)10-8-14(5-3-6-14)16-9-12(10)17/h2,4,7,16H,3,5-6,8-9H2,1H3. The van der Waals surface area contributed by atoms with Crippen molar-refractivity contribution in [3.8, 4) is 0 Å². The zero-order chi connectivity index (χ0) is 11.5. The molecule has 1 N–H and O–H groups in total. The van der Waals surface area contributed by atoms with Gasteiger partial charge in [-0.05, 0) is 37.8 Å². The van der Waals surface area contributed by atoms with Gasteiger partial charge in [-0.2, -0.15) is 0 Å². The molecule has 2 aliphatic rings. The minimum absolute atomic E-state index is 0.402. The molecule has 1 spiro atoms. The van der Waals surface area contributed by atoms with Crippen LogP contribution in [-0.4, -0.2) is 15.1 Å². The molecule has 3 heterocycles. The molecule has 0 bridgehead atoms. The van der Waals surface area contributed by atoms with Crippen LogP contribution >= 0.6 is 0 Å². The first-order chi connectivity index (χ1) is 8.29. The summed E-state index contributed by atoms with van der Waals surface area (Å²) in [5, 5.41) is 3.74. The van der Waals surface area contributed by atoms with Crippen molar-refractivity contribution in [2.24, 2.45) is 7.05 Å². The van der Waals surface area contributed by atoms with Gasteiger partial charge in [-0.15, -0.1) is 0 Å². The lowest BCUT2D eigenvalue weighted by molar-refractivity contribution is 0.169. The normalized spacial score (nSPS) is 21.5. The third-order valence-electron chi connectivity index (χ3n) is 4.64. The summed E-state index contributed by atoms with van der Waals surface area (Å²) >= 11 is 0. The maximum Gasteiger partial charge on any atom is 0.0916 e. The van der Waals surface area contributed by atoms with Crippen LogP contribution in [0.3, 0.4) is 0 Å². The summed E-state index contributed by atoms with van der Waals surface area (Å²) in [6, 6.07) is 4.20. The molecular formula is C14H17N3. The van der Waals surface area contributed by atoms with Gasteiger partial charge in [-0.3, -0.25) is 4.98 Å². The second-order valence-corrected chi connectivity index (χ2v) is 5.52. The van der Waals surface area contributed by atoms with Crippen molar-refractivity contribution in [3.05, 3.63) is 29.6 Å². The average Bonchev–Trinajstić information content (AvgIpc) is 2.62. The molecule has 0 radical (unpaired) electrons. The van der Waals surface area contributed by atoms with Crippen molar-refractivity contribution >= 4 is 11.0 Å². The SMILES string of the molecule is Cn1c2c(c3ncccc31)CC1(CCC1)NC2. The van der Waals surface area contributed by atoms with E-state index in [1.54, 1.807) is 0 Å². The molecule has 1 fully saturated rings. The van der Waals surface area contributed by atoms with Crippen molar-refractivity contribution in [1.29, 1.82) is 0 Å². The smallest absolute Gasteiger partial charge is 0.0916 e. The summed E-state index contributed by atoms with van der Waals surface area (Å²) in [6.45, 7) is 1.00. The summed E-state index contributed by atoms with van der Waals surface area (Å²) in [4.78, 5) is 4.59. The van der Waals surface area contributed by atoms with Gasteiger partial charge in [0.1, 0.15) is 0 Å². The lowest BCUT2D eigenvalue weighted by atomic mass is 9.71. The fourth-order valence-corrected chi connectivity index (χ4v) is 3.42. The number of pyridine rings is 1. The van der Waals surface area contributed by atoms with Gasteiger partial charge in [-0.1, -0.05) is 0 Å². The van der Waals surface area contributed by atoms with Crippen molar-refractivity contribution < 1.29 is 0 Å². The minimum atomic E-state index is 0.402. The highest BCUT2D eigenvalue weighted by atomic mass is 15.1. The first kappa shape index (κ1) is 9.66. The van der Waals surface area contributed by atoms with E-state index >= 15 is 0 Å². The molecule has 88 valence electrons. The Balaban J connectivity index is 1.94. The first-order valence-corrected chi connectivity index (χ1v) is 6.45. The van der Waals surface area contributed by atoms with Gasteiger partial charge >= 0.3 is 0 Å². The second-order valence-electron chi connectivity index (χ2n) is 5.52. The van der Waals surface area contributed by atoms with Crippen molar-refractivity contribution in [2.75, 3.05) is 0 Å².